The van der Waals surface area contributed by atoms with Crippen molar-refractivity contribution in [2.24, 2.45) is 5.92 Å². The van der Waals surface area contributed by atoms with Gasteiger partial charge in [-0.25, -0.2) is 0 Å². The monoisotopic (exact) mass is 239 g/mol. The SMILES string of the molecule is COc1ccc([N+](=O)[O-])cc1COCC(C)C. The highest BCUT2D eigenvalue weighted by Crippen LogP contribution is 2.24. The first kappa shape index (κ1) is 13.4. The predicted octanol–water partition coefficient (Wildman–Crippen LogP) is 2.78. The number of nitro benzene ring substituents is 1. The molecule has 0 saturated carbocycles. The molecule has 94 valence electrons. The molecule has 0 bridgehead atoms. The van der Waals surface area contributed by atoms with Crippen LogP contribution in [0.2, 0.25) is 0 Å². The first-order chi connectivity index (χ1) is 8.04. The van der Waals surface area contributed by atoms with Gasteiger partial charge in [0.05, 0.1) is 18.6 Å². The summed E-state index contributed by atoms with van der Waals surface area (Å²) in [4.78, 5) is 10.2. The second kappa shape index (κ2) is 6.20. The molecule has 1 aromatic carbocycles. The van der Waals surface area contributed by atoms with E-state index in [0.717, 1.165) is 0 Å². The summed E-state index contributed by atoms with van der Waals surface area (Å²) >= 11 is 0. The second-order valence-corrected chi connectivity index (χ2v) is 4.16. The van der Waals surface area contributed by atoms with Crippen molar-refractivity contribution >= 4 is 5.69 Å². The topological polar surface area (TPSA) is 61.6 Å². The first-order valence-corrected chi connectivity index (χ1v) is 5.43. The number of hydrogen-bond acceptors (Lipinski definition) is 4. The third-order valence-electron chi connectivity index (χ3n) is 2.18. The Hall–Kier alpha value is -1.62. The van der Waals surface area contributed by atoms with Crippen LogP contribution in [-0.4, -0.2) is 18.6 Å². The Bertz CT molecular complexity index is 390. The average Bonchev–Trinajstić information content (AvgIpc) is 2.28. The van der Waals surface area contributed by atoms with Crippen LogP contribution in [0.3, 0.4) is 0 Å². The molecule has 5 heteroatoms. The summed E-state index contributed by atoms with van der Waals surface area (Å²) in [5.41, 5.74) is 0.747. The van der Waals surface area contributed by atoms with Gasteiger partial charge in [-0.15, -0.1) is 0 Å². The number of nitro groups is 1. The fraction of sp³-hybridized carbons (Fsp3) is 0.500. The standard InChI is InChI=1S/C12H17NO4/c1-9(2)7-17-8-10-6-11(13(14)15)4-5-12(10)16-3/h4-6,9H,7-8H2,1-3H3. The number of benzene rings is 1. The van der Waals surface area contributed by atoms with Crippen molar-refractivity contribution in [2.45, 2.75) is 20.5 Å². The lowest BCUT2D eigenvalue weighted by Crippen LogP contribution is -2.03. The van der Waals surface area contributed by atoms with E-state index in [2.05, 4.69) is 0 Å². The third kappa shape index (κ3) is 4.03. The van der Waals surface area contributed by atoms with Crippen LogP contribution in [0.5, 0.6) is 5.75 Å². The maximum absolute atomic E-state index is 10.7. The fourth-order valence-corrected chi connectivity index (χ4v) is 1.40. The van der Waals surface area contributed by atoms with E-state index in [0.29, 0.717) is 30.4 Å². The molecule has 0 radical (unpaired) electrons. The van der Waals surface area contributed by atoms with Crippen LogP contribution < -0.4 is 4.74 Å². The van der Waals surface area contributed by atoms with Crippen LogP contribution in [0.4, 0.5) is 5.69 Å². The maximum Gasteiger partial charge on any atom is 0.270 e. The van der Waals surface area contributed by atoms with Gasteiger partial charge in [0.25, 0.3) is 5.69 Å². The van der Waals surface area contributed by atoms with E-state index >= 15 is 0 Å². The fourth-order valence-electron chi connectivity index (χ4n) is 1.40. The molecule has 0 unspecified atom stereocenters. The number of nitrogens with zero attached hydrogens (tertiary/aromatic N) is 1. The normalized spacial score (nSPS) is 10.6. The van der Waals surface area contributed by atoms with Gasteiger partial charge in [-0.2, -0.15) is 0 Å². The number of rotatable bonds is 6. The number of ether oxygens (including phenoxy) is 2. The summed E-state index contributed by atoms with van der Waals surface area (Å²) in [6, 6.07) is 4.50. The van der Waals surface area contributed by atoms with E-state index in [1.807, 2.05) is 13.8 Å². The molecule has 17 heavy (non-hydrogen) atoms. The highest BCUT2D eigenvalue weighted by atomic mass is 16.6. The van der Waals surface area contributed by atoms with Crippen LogP contribution in [0.25, 0.3) is 0 Å². The molecule has 0 atom stereocenters. The van der Waals surface area contributed by atoms with Gasteiger partial charge in [0.1, 0.15) is 5.75 Å². The van der Waals surface area contributed by atoms with Crippen molar-refractivity contribution in [3.8, 4) is 5.75 Å². The minimum atomic E-state index is -0.425. The van der Waals surface area contributed by atoms with Gasteiger partial charge >= 0.3 is 0 Å². The molecule has 5 nitrogen and oxygen atoms in total. The van der Waals surface area contributed by atoms with Crippen molar-refractivity contribution in [3.05, 3.63) is 33.9 Å². The predicted molar refractivity (Wildman–Crippen MR) is 64.1 cm³/mol. The van der Waals surface area contributed by atoms with Gasteiger partial charge in [0.2, 0.25) is 0 Å². The van der Waals surface area contributed by atoms with Gasteiger partial charge in [-0.3, -0.25) is 10.1 Å². The quantitative estimate of drug-likeness (QED) is 0.565. The van der Waals surface area contributed by atoms with Gasteiger partial charge in [-0.1, -0.05) is 13.8 Å². The summed E-state index contributed by atoms with van der Waals surface area (Å²) in [6.07, 6.45) is 0. The third-order valence-corrected chi connectivity index (χ3v) is 2.18. The zero-order chi connectivity index (χ0) is 12.8. The Kier molecular flexibility index (Phi) is 4.90. The van der Waals surface area contributed by atoms with Crippen LogP contribution in [0.15, 0.2) is 18.2 Å². The molecule has 0 aliphatic rings. The molecule has 0 aliphatic carbocycles. The molecule has 1 aromatic rings. The molecule has 0 N–H and O–H groups in total. The Morgan fingerprint density at radius 1 is 1.41 bits per heavy atom. The largest absolute Gasteiger partial charge is 0.496 e. The zero-order valence-corrected chi connectivity index (χ0v) is 10.3. The molecule has 0 amide bonds. The van der Waals surface area contributed by atoms with Gasteiger partial charge in [-0.05, 0) is 12.0 Å². The Morgan fingerprint density at radius 3 is 2.65 bits per heavy atom. The Balaban J connectivity index is 2.79. The zero-order valence-electron chi connectivity index (χ0n) is 10.3. The number of non-ortho nitro benzene ring substituents is 1. The second-order valence-electron chi connectivity index (χ2n) is 4.16. The minimum Gasteiger partial charge on any atom is -0.496 e. The highest BCUT2D eigenvalue weighted by Gasteiger charge is 2.11. The van der Waals surface area contributed by atoms with Crippen LogP contribution in [0, 0.1) is 16.0 Å². The van der Waals surface area contributed by atoms with Gasteiger partial charge in [0.15, 0.2) is 0 Å². The van der Waals surface area contributed by atoms with E-state index in [1.54, 1.807) is 6.07 Å². The molecule has 0 spiro atoms. The molecule has 1 rings (SSSR count). The summed E-state index contributed by atoms with van der Waals surface area (Å²) in [5, 5.41) is 10.7. The van der Waals surface area contributed by atoms with Crippen LogP contribution in [0.1, 0.15) is 19.4 Å². The number of methoxy groups -OCH3 is 1. The molecular formula is C12H17NO4. The lowest BCUT2D eigenvalue weighted by atomic mass is 10.2. The lowest BCUT2D eigenvalue weighted by molar-refractivity contribution is -0.385. The average molecular weight is 239 g/mol. The Morgan fingerprint density at radius 2 is 2.12 bits per heavy atom. The molecule has 0 aromatic heterocycles. The minimum absolute atomic E-state index is 0.0500. The molecule has 0 aliphatic heterocycles. The van der Waals surface area contributed by atoms with Crippen LogP contribution in [-0.2, 0) is 11.3 Å². The molecular weight excluding hydrogens is 222 g/mol. The molecule has 0 saturated heterocycles. The molecule has 0 heterocycles. The van der Waals surface area contributed by atoms with E-state index in [4.69, 9.17) is 9.47 Å². The lowest BCUT2D eigenvalue weighted by Gasteiger charge is -2.10. The van der Waals surface area contributed by atoms with Crippen molar-refractivity contribution in [1.29, 1.82) is 0 Å². The first-order valence-electron chi connectivity index (χ1n) is 5.43. The van der Waals surface area contributed by atoms with Gasteiger partial charge < -0.3 is 9.47 Å². The van der Waals surface area contributed by atoms with Crippen molar-refractivity contribution in [3.63, 3.8) is 0 Å². The van der Waals surface area contributed by atoms with Crippen molar-refractivity contribution in [2.75, 3.05) is 13.7 Å². The summed E-state index contributed by atoms with van der Waals surface area (Å²) in [5.74, 6) is 1.04. The summed E-state index contributed by atoms with van der Waals surface area (Å²) < 4.78 is 10.6. The molecule has 0 fully saturated rings. The van der Waals surface area contributed by atoms with Crippen molar-refractivity contribution < 1.29 is 14.4 Å². The van der Waals surface area contributed by atoms with Crippen molar-refractivity contribution in [1.82, 2.24) is 0 Å². The van der Waals surface area contributed by atoms with E-state index < -0.39 is 4.92 Å². The smallest absolute Gasteiger partial charge is 0.270 e. The number of hydrogen-bond donors (Lipinski definition) is 0. The van der Waals surface area contributed by atoms with E-state index in [-0.39, 0.29) is 5.69 Å². The van der Waals surface area contributed by atoms with Crippen LogP contribution >= 0.6 is 0 Å². The van der Waals surface area contributed by atoms with E-state index in [9.17, 15) is 10.1 Å². The summed E-state index contributed by atoms with van der Waals surface area (Å²) in [7, 11) is 1.53. The van der Waals surface area contributed by atoms with Gasteiger partial charge in [0, 0.05) is 24.3 Å². The summed E-state index contributed by atoms with van der Waals surface area (Å²) in [6.45, 7) is 5.03. The van der Waals surface area contributed by atoms with E-state index in [1.165, 1.54) is 19.2 Å². The highest BCUT2D eigenvalue weighted by molar-refractivity contribution is 5.43. The maximum atomic E-state index is 10.7. The Labute approximate surface area is 101 Å².